The highest BCUT2D eigenvalue weighted by atomic mass is 16.3. The van der Waals surface area contributed by atoms with Gasteiger partial charge in [-0.3, -0.25) is 4.90 Å². The molecule has 2 amide bonds. The van der Waals surface area contributed by atoms with E-state index in [1.807, 2.05) is 55.9 Å². The summed E-state index contributed by atoms with van der Waals surface area (Å²) in [5, 5.41) is 24.1. The van der Waals surface area contributed by atoms with Gasteiger partial charge >= 0.3 is 6.03 Å². The number of carbonyl (C=O) groups excluding carboxylic acids is 1. The molecule has 0 atom stereocenters. The molecule has 0 saturated carbocycles. The fourth-order valence-corrected chi connectivity index (χ4v) is 3.32. The zero-order chi connectivity index (χ0) is 20.6. The summed E-state index contributed by atoms with van der Waals surface area (Å²) in [4.78, 5) is 14.1. The highest BCUT2D eigenvalue weighted by molar-refractivity contribution is 6.06. The van der Waals surface area contributed by atoms with E-state index in [1.54, 1.807) is 13.1 Å². The number of nitrogens with zero attached hydrogens (tertiary/aromatic N) is 2. The number of anilines is 1. The third kappa shape index (κ3) is 3.29. The van der Waals surface area contributed by atoms with E-state index in [0.717, 1.165) is 10.9 Å². The Morgan fingerprint density at radius 1 is 1.14 bits per heavy atom. The van der Waals surface area contributed by atoms with E-state index in [0.29, 0.717) is 22.5 Å². The summed E-state index contributed by atoms with van der Waals surface area (Å²) in [5.74, 6) is -0.0795. The first-order chi connectivity index (χ1) is 13.2. The van der Waals surface area contributed by atoms with Gasteiger partial charge in [0.05, 0.1) is 11.4 Å². The van der Waals surface area contributed by atoms with Gasteiger partial charge in [0.15, 0.2) is 0 Å². The molecule has 3 aromatic rings. The molecule has 3 N–H and O–H groups in total. The predicted octanol–water partition coefficient (Wildman–Crippen LogP) is 4.53. The molecule has 0 spiro atoms. The van der Waals surface area contributed by atoms with Crippen LogP contribution in [-0.2, 0) is 7.05 Å². The van der Waals surface area contributed by atoms with Crippen LogP contribution in [0.2, 0.25) is 0 Å². The molecule has 0 unspecified atom stereocenters. The molecule has 0 aliphatic rings. The molecule has 1 aromatic heterocycles. The summed E-state index contributed by atoms with van der Waals surface area (Å²) in [6.45, 7) is 7.95. The molecule has 0 aliphatic carbocycles. The van der Waals surface area contributed by atoms with Crippen molar-refractivity contribution in [1.82, 2.24) is 9.88 Å². The van der Waals surface area contributed by atoms with Gasteiger partial charge in [-0.25, -0.2) is 4.79 Å². The third-order valence-corrected chi connectivity index (χ3v) is 4.89. The number of aryl methyl sites for hydroxylation is 1. The van der Waals surface area contributed by atoms with Crippen molar-refractivity contribution in [2.45, 2.75) is 19.8 Å². The molecule has 0 aliphatic heterocycles. The van der Waals surface area contributed by atoms with Gasteiger partial charge in [-0.15, -0.1) is 0 Å². The van der Waals surface area contributed by atoms with Crippen molar-refractivity contribution in [3.8, 4) is 11.5 Å². The van der Waals surface area contributed by atoms with Crippen LogP contribution in [0, 0.1) is 0 Å². The Labute approximate surface area is 164 Å². The number of phenols is 2. The summed E-state index contributed by atoms with van der Waals surface area (Å²) in [7, 11) is 3.50. The van der Waals surface area contributed by atoms with Gasteiger partial charge in [0.2, 0.25) is 0 Å². The Morgan fingerprint density at radius 3 is 2.50 bits per heavy atom. The van der Waals surface area contributed by atoms with Crippen LogP contribution < -0.4 is 10.2 Å². The van der Waals surface area contributed by atoms with Gasteiger partial charge in [-0.1, -0.05) is 20.4 Å². The van der Waals surface area contributed by atoms with Crippen LogP contribution in [0.15, 0.2) is 49.2 Å². The van der Waals surface area contributed by atoms with E-state index < -0.39 is 0 Å². The van der Waals surface area contributed by atoms with Crippen LogP contribution in [0.3, 0.4) is 0 Å². The second-order valence-corrected chi connectivity index (χ2v) is 7.09. The highest BCUT2D eigenvalue weighted by Gasteiger charge is 2.23. The van der Waals surface area contributed by atoms with Gasteiger partial charge in [-0.2, -0.15) is 0 Å². The Hall–Kier alpha value is -3.41. The second-order valence-electron chi connectivity index (χ2n) is 7.09. The number of nitrogens with one attached hydrogen (secondary N) is 1. The molecule has 28 heavy (non-hydrogen) atoms. The first kappa shape index (κ1) is 19.4. The predicted molar refractivity (Wildman–Crippen MR) is 113 cm³/mol. The summed E-state index contributed by atoms with van der Waals surface area (Å²) < 4.78 is 2.00. The number of hydrogen-bond acceptors (Lipinski definition) is 3. The molecule has 6 heteroatoms. The summed E-state index contributed by atoms with van der Waals surface area (Å²) >= 11 is 0. The molecule has 1 heterocycles. The molecule has 0 saturated heterocycles. The SMILES string of the molecule is C=C(c1cc(C(C)C)c(O)cc1O)N(C(=O)NC)c1ccc2c(ccn2C)c1. The average Bonchev–Trinajstić information content (AvgIpc) is 3.01. The number of aromatic hydroxyl groups is 2. The Balaban J connectivity index is 2.13. The molecular weight excluding hydrogens is 354 g/mol. The standard InChI is InChI=1S/C22H25N3O3/c1-13(2)17-11-18(21(27)12-20(17)26)14(3)25(22(28)23-4)16-6-7-19-15(10-16)8-9-24(19)5/h6-13,26-27H,3H2,1-2,4-5H3,(H,23,28). The Bertz CT molecular complexity index is 1070. The maximum Gasteiger partial charge on any atom is 0.326 e. The lowest BCUT2D eigenvalue weighted by Crippen LogP contribution is -2.36. The maximum absolute atomic E-state index is 12.7. The van der Waals surface area contributed by atoms with Crippen molar-refractivity contribution in [1.29, 1.82) is 0 Å². The molecule has 2 aromatic carbocycles. The van der Waals surface area contributed by atoms with Crippen molar-refractivity contribution in [3.63, 3.8) is 0 Å². The van der Waals surface area contributed by atoms with Crippen molar-refractivity contribution in [2.24, 2.45) is 7.05 Å². The smallest absolute Gasteiger partial charge is 0.326 e. The van der Waals surface area contributed by atoms with E-state index in [-0.39, 0.29) is 23.4 Å². The topological polar surface area (TPSA) is 77.7 Å². The zero-order valence-electron chi connectivity index (χ0n) is 16.5. The van der Waals surface area contributed by atoms with E-state index in [1.165, 1.54) is 11.0 Å². The second kappa shape index (κ2) is 7.31. The highest BCUT2D eigenvalue weighted by Crippen LogP contribution is 2.38. The lowest BCUT2D eigenvalue weighted by molar-refractivity contribution is 0.250. The number of amides is 2. The van der Waals surface area contributed by atoms with Gasteiger partial charge in [0.25, 0.3) is 0 Å². The number of carbonyl (C=O) groups is 1. The van der Waals surface area contributed by atoms with Crippen molar-refractivity contribution in [2.75, 3.05) is 11.9 Å². The third-order valence-electron chi connectivity index (χ3n) is 4.89. The zero-order valence-corrected chi connectivity index (χ0v) is 16.5. The van der Waals surface area contributed by atoms with E-state index in [4.69, 9.17) is 0 Å². The first-order valence-electron chi connectivity index (χ1n) is 9.06. The van der Waals surface area contributed by atoms with Gasteiger partial charge in [0.1, 0.15) is 11.5 Å². The fraction of sp³-hybridized carbons (Fsp3) is 0.227. The summed E-state index contributed by atoms with van der Waals surface area (Å²) in [6.07, 6.45) is 1.95. The molecule has 0 radical (unpaired) electrons. The van der Waals surface area contributed by atoms with Gasteiger partial charge in [0, 0.05) is 42.8 Å². The van der Waals surface area contributed by atoms with Crippen LogP contribution in [0.1, 0.15) is 30.9 Å². The number of rotatable bonds is 4. The Morgan fingerprint density at radius 2 is 1.86 bits per heavy atom. The average molecular weight is 379 g/mol. The Kier molecular flexibility index (Phi) is 5.05. The van der Waals surface area contributed by atoms with Crippen molar-refractivity contribution in [3.05, 3.63) is 60.3 Å². The van der Waals surface area contributed by atoms with Gasteiger partial charge < -0.3 is 20.1 Å². The molecule has 0 bridgehead atoms. The number of phenolic OH excluding ortho intramolecular Hbond substituents is 2. The lowest BCUT2D eigenvalue weighted by atomic mass is 9.97. The van der Waals surface area contributed by atoms with Gasteiger partial charge in [-0.05, 0) is 41.8 Å². The maximum atomic E-state index is 12.7. The number of benzene rings is 2. The van der Waals surface area contributed by atoms with Crippen LogP contribution in [-0.4, -0.2) is 27.9 Å². The molecule has 3 rings (SSSR count). The minimum Gasteiger partial charge on any atom is -0.508 e. The molecular formula is C22H25N3O3. The monoisotopic (exact) mass is 379 g/mol. The quantitative estimate of drug-likeness (QED) is 0.623. The minimum absolute atomic E-state index is 0.0150. The van der Waals surface area contributed by atoms with E-state index >= 15 is 0 Å². The number of aromatic nitrogens is 1. The van der Waals surface area contributed by atoms with Crippen LogP contribution in [0.5, 0.6) is 11.5 Å². The number of urea groups is 1. The van der Waals surface area contributed by atoms with Crippen LogP contribution >= 0.6 is 0 Å². The van der Waals surface area contributed by atoms with Crippen molar-refractivity contribution < 1.29 is 15.0 Å². The lowest BCUT2D eigenvalue weighted by Gasteiger charge is -2.26. The van der Waals surface area contributed by atoms with Crippen LogP contribution in [0.25, 0.3) is 16.6 Å². The molecule has 146 valence electrons. The minimum atomic E-state index is -0.376. The molecule has 6 nitrogen and oxygen atoms in total. The molecule has 0 fully saturated rings. The number of fused-ring (bicyclic) bond motifs is 1. The summed E-state index contributed by atoms with van der Waals surface area (Å²) in [5.41, 5.74) is 3.04. The largest absolute Gasteiger partial charge is 0.508 e. The van der Waals surface area contributed by atoms with Crippen LogP contribution in [0.4, 0.5) is 10.5 Å². The van der Waals surface area contributed by atoms with E-state index in [9.17, 15) is 15.0 Å². The summed E-state index contributed by atoms with van der Waals surface area (Å²) in [6, 6.07) is 10.2. The van der Waals surface area contributed by atoms with Crippen molar-refractivity contribution >= 4 is 28.3 Å². The first-order valence-corrected chi connectivity index (χ1v) is 9.06. The van der Waals surface area contributed by atoms with E-state index in [2.05, 4.69) is 11.9 Å². The fourth-order valence-electron chi connectivity index (χ4n) is 3.32. The number of hydrogen-bond donors (Lipinski definition) is 3. The normalized spacial score (nSPS) is 11.0.